The molecule has 1 aromatic carbocycles. The summed E-state index contributed by atoms with van der Waals surface area (Å²) in [5.41, 5.74) is 0.665. The molecule has 1 aliphatic rings. The number of carbonyl (C=O) groups is 1. The number of amides is 1. The Morgan fingerprint density at radius 1 is 1.25 bits per heavy atom. The molecule has 86 valence electrons. The van der Waals surface area contributed by atoms with Crippen LogP contribution in [0.3, 0.4) is 0 Å². The van der Waals surface area contributed by atoms with Crippen LogP contribution in [0.15, 0.2) is 24.3 Å². The molecular formula is C11H13FN2O2. The first-order valence-corrected chi connectivity index (χ1v) is 5.14. The fourth-order valence-corrected chi connectivity index (χ4v) is 1.65. The van der Waals surface area contributed by atoms with E-state index in [4.69, 9.17) is 4.74 Å². The molecule has 1 saturated heterocycles. The third kappa shape index (κ3) is 2.37. The number of benzene rings is 1. The molecule has 0 unspecified atom stereocenters. The zero-order chi connectivity index (χ0) is 11.4. The lowest BCUT2D eigenvalue weighted by molar-refractivity contribution is -0.111. The number of nitrogens with zero attached hydrogens (tertiary/aromatic N) is 2. The number of hydrogen-bond acceptors (Lipinski definition) is 3. The van der Waals surface area contributed by atoms with Gasteiger partial charge in [0, 0.05) is 13.1 Å². The molecule has 0 aliphatic carbocycles. The van der Waals surface area contributed by atoms with Gasteiger partial charge >= 0.3 is 0 Å². The van der Waals surface area contributed by atoms with Gasteiger partial charge in [-0.05, 0) is 24.3 Å². The number of carbonyl (C=O) groups excluding carboxylic acids is 1. The average molecular weight is 224 g/mol. The quantitative estimate of drug-likeness (QED) is 0.719. The van der Waals surface area contributed by atoms with E-state index in [1.54, 1.807) is 12.1 Å². The van der Waals surface area contributed by atoms with Crippen LogP contribution in [0.1, 0.15) is 0 Å². The summed E-state index contributed by atoms with van der Waals surface area (Å²) in [7, 11) is 0. The first kappa shape index (κ1) is 11.0. The number of anilines is 1. The Labute approximate surface area is 93.2 Å². The molecule has 1 amide bonds. The van der Waals surface area contributed by atoms with Gasteiger partial charge in [-0.15, -0.1) is 0 Å². The molecule has 4 nitrogen and oxygen atoms in total. The van der Waals surface area contributed by atoms with Gasteiger partial charge in [0.1, 0.15) is 5.82 Å². The Morgan fingerprint density at radius 3 is 2.44 bits per heavy atom. The van der Waals surface area contributed by atoms with E-state index in [2.05, 4.69) is 0 Å². The predicted octanol–water partition coefficient (Wildman–Crippen LogP) is 1.04. The Morgan fingerprint density at radius 2 is 1.88 bits per heavy atom. The van der Waals surface area contributed by atoms with Crippen molar-refractivity contribution in [3.8, 4) is 0 Å². The summed E-state index contributed by atoms with van der Waals surface area (Å²) in [6, 6.07) is 5.84. The van der Waals surface area contributed by atoms with Gasteiger partial charge in [0.2, 0.25) is 6.41 Å². The van der Waals surface area contributed by atoms with E-state index in [0.717, 1.165) is 6.41 Å². The van der Waals surface area contributed by atoms with Crippen LogP contribution < -0.4 is 5.01 Å². The number of halogens is 1. The maximum Gasteiger partial charge on any atom is 0.228 e. The SMILES string of the molecule is O=CN(c1ccc(F)cc1)N1CCOCC1. The highest BCUT2D eigenvalue weighted by Gasteiger charge is 2.18. The molecule has 0 bridgehead atoms. The Balaban J connectivity index is 2.14. The van der Waals surface area contributed by atoms with E-state index in [9.17, 15) is 9.18 Å². The van der Waals surface area contributed by atoms with Crippen molar-refractivity contribution in [2.24, 2.45) is 0 Å². The summed E-state index contributed by atoms with van der Waals surface area (Å²) < 4.78 is 18.0. The summed E-state index contributed by atoms with van der Waals surface area (Å²) in [6.07, 6.45) is 0.735. The van der Waals surface area contributed by atoms with Crippen LogP contribution in [0.4, 0.5) is 10.1 Å². The fourth-order valence-electron chi connectivity index (χ4n) is 1.65. The summed E-state index contributed by atoms with van der Waals surface area (Å²) in [4.78, 5) is 11.0. The number of hydrogen-bond donors (Lipinski definition) is 0. The molecule has 0 radical (unpaired) electrons. The number of morpholine rings is 1. The van der Waals surface area contributed by atoms with E-state index < -0.39 is 0 Å². The highest BCUT2D eigenvalue weighted by Crippen LogP contribution is 2.16. The topological polar surface area (TPSA) is 32.8 Å². The molecule has 0 spiro atoms. The first-order valence-electron chi connectivity index (χ1n) is 5.14. The Bertz CT molecular complexity index is 350. The minimum Gasteiger partial charge on any atom is -0.379 e. The largest absolute Gasteiger partial charge is 0.379 e. The van der Waals surface area contributed by atoms with Crippen LogP contribution >= 0.6 is 0 Å². The number of ether oxygens (including phenoxy) is 1. The van der Waals surface area contributed by atoms with Gasteiger partial charge in [0.15, 0.2) is 0 Å². The highest BCUT2D eigenvalue weighted by molar-refractivity contribution is 5.73. The smallest absolute Gasteiger partial charge is 0.228 e. The lowest BCUT2D eigenvalue weighted by Gasteiger charge is -2.34. The van der Waals surface area contributed by atoms with Crippen LogP contribution in [0.2, 0.25) is 0 Å². The average Bonchev–Trinajstić information content (AvgIpc) is 2.34. The summed E-state index contributed by atoms with van der Waals surface area (Å²) in [5, 5.41) is 3.37. The molecule has 0 atom stereocenters. The monoisotopic (exact) mass is 224 g/mol. The zero-order valence-corrected chi connectivity index (χ0v) is 8.80. The van der Waals surface area contributed by atoms with Crippen molar-refractivity contribution in [2.45, 2.75) is 0 Å². The van der Waals surface area contributed by atoms with Gasteiger partial charge < -0.3 is 4.74 Å². The van der Waals surface area contributed by atoms with Crippen molar-refractivity contribution in [3.63, 3.8) is 0 Å². The lowest BCUT2D eigenvalue weighted by atomic mass is 10.3. The van der Waals surface area contributed by atoms with Crippen LogP contribution in [0.25, 0.3) is 0 Å². The summed E-state index contributed by atoms with van der Waals surface area (Å²) in [5.74, 6) is -0.309. The van der Waals surface area contributed by atoms with Crippen LogP contribution in [-0.2, 0) is 9.53 Å². The van der Waals surface area contributed by atoms with Gasteiger partial charge in [-0.2, -0.15) is 0 Å². The van der Waals surface area contributed by atoms with Crippen molar-refractivity contribution in [1.29, 1.82) is 0 Å². The molecule has 5 heteroatoms. The molecule has 1 fully saturated rings. The minimum absolute atomic E-state index is 0.309. The first-order chi connectivity index (χ1) is 7.81. The molecule has 2 rings (SSSR count). The van der Waals surface area contributed by atoms with Crippen molar-refractivity contribution >= 4 is 12.1 Å². The van der Waals surface area contributed by atoms with Gasteiger partial charge in [0.25, 0.3) is 0 Å². The maximum atomic E-state index is 12.8. The Hall–Kier alpha value is -1.46. The van der Waals surface area contributed by atoms with E-state index in [1.165, 1.54) is 17.1 Å². The Kier molecular flexibility index (Phi) is 3.48. The highest BCUT2D eigenvalue weighted by atomic mass is 19.1. The van der Waals surface area contributed by atoms with Gasteiger partial charge in [-0.25, -0.2) is 14.4 Å². The summed E-state index contributed by atoms with van der Waals surface area (Å²) >= 11 is 0. The molecule has 1 aromatic rings. The second-order valence-corrected chi connectivity index (χ2v) is 3.49. The third-order valence-electron chi connectivity index (χ3n) is 2.48. The molecule has 0 saturated carbocycles. The lowest BCUT2D eigenvalue weighted by Crippen LogP contribution is -2.48. The van der Waals surface area contributed by atoms with Crippen molar-refractivity contribution in [3.05, 3.63) is 30.1 Å². The molecular weight excluding hydrogens is 211 g/mol. The number of rotatable bonds is 3. The van der Waals surface area contributed by atoms with Crippen LogP contribution in [0, 0.1) is 5.82 Å². The standard InChI is InChI=1S/C11H13FN2O2/c12-10-1-3-11(4-2-10)14(9-15)13-5-7-16-8-6-13/h1-4,9H,5-8H2. The number of hydrazine groups is 1. The van der Waals surface area contributed by atoms with E-state index in [0.29, 0.717) is 32.0 Å². The normalized spacial score (nSPS) is 17.1. The minimum atomic E-state index is -0.309. The van der Waals surface area contributed by atoms with Crippen LogP contribution in [-0.4, -0.2) is 37.7 Å². The van der Waals surface area contributed by atoms with Gasteiger partial charge in [-0.1, -0.05) is 0 Å². The van der Waals surface area contributed by atoms with E-state index >= 15 is 0 Å². The summed E-state index contributed by atoms with van der Waals surface area (Å²) in [6.45, 7) is 2.53. The molecule has 0 aromatic heterocycles. The zero-order valence-electron chi connectivity index (χ0n) is 8.80. The van der Waals surface area contributed by atoms with E-state index in [1.807, 2.05) is 5.01 Å². The van der Waals surface area contributed by atoms with Crippen molar-refractivity contribution in [1.82, 2.24) is 5.01 Å². The third-order valence-corrected chi connectivity index (χ3v) is 2.48. The van der Waals surface area contributed by atoms with Crippen molar-refractivity contribution in [2.75, 3.05) is 31.3 Å². The van der Waals surface area contributed by atoms with Crippen molar-refractivity contribution < 1.29 is 13.9 Å². The van der Waals surface area contributed by atoms with Gasteiger partial charge in [0.05, 0.1) is 18.9 Å². The molecule has 1 heterocycles. The van der Waals surface area contributed by atoms with E-state index in [-0.39, 0.29) is 5.82 Å². The van der Waals surface area contributed by atoms with Gasteiger partial charge in [-0.3, -0.25) is 4.79 Å². The maximum absolute atomic E-state index is 12.8. The second kappa shape index (κ2) is 5.05. The molecule has 0 N–H and O–H groups in total. The molecule has 16 heavy (non-hydrogen) atoms. The second-order valence-electron chi connectivity index (χ2n) is 3.49. The molecule has 1 aliphatic heterocycles. The predicted molar refractivity (Wildman–Crippen MR) is 57.3 cm³/mol. The van der Waals surface area contributed by atoms with Crippen LogP contribution in [0.5, 0.6) is 0 Å². The fraction of sp³-hybridized carbons (Fsp3) is 0.364.